The minimum Gasteiger partial charge on any atom is -0.410 e. The fraction of sp³-hybridized carbons (Fsp3) is 0.641. The number of carbonyl (C=O) groups is 3. The summed E-state index contributed by atoms with van der Waals surface area (Å²) in [6.07, 6.45) is 8.64. The molecule has 0 radical (unpaired) electrons. The monoisotopic (exact) mass is 626 g/mol. The Balaban J connectivity index is 1.37. The molecule has 246 valence electrons. The Bertz CT molecular complexity index is 1610. The number of rotatable bonds is 3. The van der Waals surface area contributed by atoms with E-state index in [1.54, 1.807) is 30.2 Å². The van der Waals surface area contributed by atoms with E-state index in [4.69, 9.17) is 4.74 Å². The van der Waals surface area contributed by atoms with E-state index in [1.807, 2.05) is 38.1 Å². The molecule has 1 aromatic carbocycles. The first kappa shape index (κ1) is 32.7. The molecule has 5 aliphatic carbocycles. The van der Waals surface area contributed by atoms with E-state index in [1.165, 1.54) is 0 Å². The van der Waals surface area contributed by atoms with Gasteiger partial charge < -0.3 is 14.7 Å². The number of benzene rings is 1. The summed E-state index contributed by atoms with van der Waals surface area (Å²) in [6.45, 7) is 15.2. The molecule has 7 nitrogen and oxygen atoms in total. The van der Waals surface area contributed by atoms with E-state index in [9.17, 15) is 24.8 Å². The van der Waals surface area contributed by atoms with Crippen LogP contribution >= 0.6 is 0 Å². The Morgan fingerprint density at radius 3 is 2.28 bits per heavy atom. The standard InChI is InChI=1S/C39H50N2O5/c1-33(2)27-14-15-37(6)28(36(27,5)21-25(23-40)31(33)43)20-30(42)39(45)29-22-34(3,16-17-35(29,4)18-19-38(37,39)7)24-41(8)32(44)46-26-12-10-9-11-13-26/h9-13,20-21,27,29,45H,14-19,22,24H2,1-8H3/t27-,29+,34-,35+,36-,37+,38-,39+/m0/s1. The van der Waals surface area contributed by atoms with E-state index in [2.05, 4.69) is 40.7 Å². The molecule has 1 N–H and O–H groups in total. The van der Waals surface area contributed by atoms with Crippen LogP contribution in [0.5, 0.6) is 5.75 Å². The molecular formula is C39H50N2O5. The smallest absolute Gasteiger partial charge is 0.410 e. The van der Waals surface area contributed by atoms with Crippen molar-refractivity contribution in [3.8, 4) is 11.8 Å². The topological polar surface area (TPSA) is 108 Å². The number of hydrogen-bond acceptors (Lipinski definition) is 6. The lowest BCUT2D eigenvalue weighted by molar-refractivity contribution is -0.243. The van der Waals surface area contributed by atoms with Crippen molar-refractivity contribution in [1.29, 1.82) is 5.26 Å². The first-order chi connectivity index (χ1) is 21.3. The highest BCUT2D eigenvalue weighted by atomic mass is 16.6. The minimum atomic E-state index is -1.59. The van der Waals surface area contributed by atoms with Crippen LogP contribution in [0.2, 0.25) is 0 Å². The summed E-state index contributed by atoms with van der Waals surface area (Å²) in [5, 5.41) is 23.1. The van der Waals surface area contributed by atoms with Gasteiger partial charge in [-0.1, -0.05) is 72.7 Å². The Morgan fingerprint density at radius 1 is 0.978 bits per heavy atom. The van der Waals surface area contributed by atoms with Crippen molar-refractivity contribution in [3.63, 3.8) is 0 Å². The predicted octanol–water partition coefficient (Wildman–Crippen LogP) is 7.45. The van der Waals surface area contributed by atoms with Gasteiger partial charge >= 0.3 is 6.09 Å². The first-order valence-electron chi connectivity index (χ1n) is 17.0. The number of nitriles is 1. The van der Waals surface area contributed by atoms with Crippen molar-refractivity contribution >= 4 is 17.7 Å². The van der Waals surface area contributed by atoms with E-state index in [-0.39, 0.29) is 39.8 Å². The minimum absolute atomic E-state index is 0.0514. The summed E-state index contributed by atoms with van der Waals surface area (Å²) < 4.78 is 5.62. The van der Waals surface area contributed by atoms with Crippen LogP contribution in [-0.2, 0) is 9.59 Å². The average Bonchev–Trinajstić information content (AvgIpc) is 3.00. The number of aliphatic hydroxyl groups is 1. The van der Waals surface area contributed by atoms with Gasteiger partial charge in [0, 0.05) is 35.8 Å². The van der Waals surface area contributed by atoms with Crippen LogP contribution in [0.4, 0.5) is 4.79 Å². The molecule has 0 aliphatic heterocycles. The normalized spacial score (nSPS) is 42.6. The number of ether oxygens (including phenoxy) is 1. The molecule has 46 heavy (non-hydrogen) atoms. The number of allylic oxidation sites excluding steroid dienone is 3. The van der Waals surface area contributed by atoms with Gasteiger partial charge in [-0.25, -0.2) is 4.79 Å². The number of Topliss-reactive ketones (excluding diaryl/α,β-unsaturated/α-hetero) is 1. The molecule has 1 amide bonds. The second kappa shape index (κ2) is 10.1. The second-order valence-electron chi connectivity index (χ2n) is 17.2. The maximum absolute atomic E-state index is 14.7. The van der Waals surface area contributed by atoms with Gasteiger partial charge in [0.2, 0.25) is 0 Å². The summed E-state index contributed by atoms with van der Waals surface area (Å²) in [5.41, 5.74) is -3.65. The number of hydrogen-bond donors (Lipinski definition) is 1. The summed E-state index contributed by atoms with van der Waals surface area (Å²) in [6, 6.07) is 11.2. The quantitative estimate of drug-likeness (QED) is 0.373. The molecule has 8 atom stereocenters. The molecule has 5 aliphatic rings. The SMILES string of the molecule is CN(C[C@@]1(C)CC[C@]2(C)CC[C@@]3(C)[C@]4(C)CC[C@H]5C(C)(C)C(=O)C(C#N)=C[C@]5(C)C4=CC(=O)[C@]3(O)[C@@H]2C1)C(=O)Oc1ccccc1. The Hall–Kier alpha value is -3.24. The molecule has 6 rings (SSSR count). The molecule has 0 aromatic heterocycles. The lowest BCUT2D eigenvalue weighted by Crippen LogP contribution is -2.74. The van der Waals surface area contributed by atoms with Crippen LogP contribution in [0.3, 0.4) is 0 Å². The molecule has 0 bridgehead atoms. The van der Waals surface area contributed by atoms with Crippen molar-refractivity contribution in [2.24, 2.45) is 44.3 Å². The lowest BCUT2D eigenvalue weighted by atomic mass is 9.33. The van der Waals surface area contributed by atoms with E-state index in [0.29, 0.717) is 25.1 Å². The maximum Gasteiger partial charge on any atom is 0.414 e. The molecule has 7 heteroatoms. The van der Waals surface area contributed by atoms with Gasteiger partial charge in [0.25, 0.3) is 0 Å². The van der Waals surface area contributed by atoms with Crippen LogP contribution < -0.4 is 4.74 Å². The summed E-state index contributed by atoms with van der Waals surface area (Å²) in [7, 11) is 1.75. The maximum atomic E-state index is 14.7. The fourth-order valence-corrected chi connectivity index (χ4v) is 11.3. The summed E-state index contributed by atoms with van der Waals surface area (Å²) in [4.78, 5) is 42.8. The van der Waals surface area contributed by atoms with Crippen molar-refractivity contribution < 1.29 is 24.2 Å². The Kier molecular flexibility index (Phi) is 7.20. The van der Waals surface area contributed by atoms with Crippen LogP contribution in [0.15, 0.2) is 53.6 Å². The zero-order valence-corrected chi connectivity index (χ0v) is 28.8. The largest absolute Gasteiger partial charge is 0.414 e. The third-order valence-electron chi connectivity index (χ3n) is 14.2. The van der Waals surface area contributed by atoms with Crippen molar-refractivity contribution in [1.82, 2.24) is 4.90 Å². The highest BCUT2D eigenvalue weighted by Gasteiger charge is 2.75. The van der Waals surface area contributed by atoms with Gasteiger partial charge in [0.15, 0.2) is 11.6 Å². The number of carbonyl (C=O) groups excluding carboxylic acids is 3. The van der Waals surface area contributed by atoms with E-state index in [0.717, 1.165) is 37.7 Å². The van der Waals surface area contributed by atoms with Gasteiger partial charge in [-0.2, -0.15) is 5.26 Å². The zero-order chi connectivity index (χ0) is 33.7. The van der Waals surface area contributed by atoms with E-state index < -0.39 is 33.4 Å². The van der Waals surface area contributed by atoms with E-state index >= 15 is 0 Å². The first-order valence-corrected chi connectivity index (χ1v) is 17.0. The highest BCUT2D eigenvalue weighted by molar-refractivity contribution is 6.05. The molecule has 0 saturated heterocycles. The molecule has 0 unspecified atom stereocenters. The summed E-state index contributed by atoms with van der Waals surface area (Å²) >= 11 is 0. The van der Waals surface area contributed by atoms with Crippen LogP contribution in [0.1, 0.15) is 93.4 Å². The van der Waals surface area contributed by atoms with Crippen molar-refractivity contribution in [2.75, 3.05) is 13.6 Å². The molecule has 3 fully saturated rings. The third-order valence-corrected chi connectivity index (χ3v) is 14.2. The Morgan fingerprint density at radius 2 is 1.63 bits per heavy atom. The molecule has 0 heterocycles. The number of para-hydroxylation sites is 1. The highest BCUT2D eigenvalue weighted by Crippen LogP contribution is 2.75. The second-order valence-corrected chi connectivity index (χ2v) is 17.2. The summed E-state index contributed by atoms with van der Waals surface area (Å²) in [5.74, 6) is -0.225. The van der Waals surface area contributed by atoms with Crippen LogP contribution in [0, 0.1) is 55.7 Å². The molecule has 3 saturated carbocycles. The van der Waals surface area contributed by atoms with Gasteiger partial charge in [-0.05, 0) is 90.9 Å². The van der Waals surface area contributed by atoms with Crippen molar-refractivity contribution in [3.05, 3.63) is 53.6 Å². The van der Waals surface area contributed by atoms with Gasteiger partial charge in [0.05, 0.1) is 5.57 Å². The molecule has 0 spiro atoms. The lowest BCUT2D eigenvalue weighted by Gasteiger charge is -2.71. The molecular weight excluding hydrogens is 576 g/mol. The number of ketones is 2. The Labute approximate surface area is 274 Å². The number of fused-ring (bicyclic) bond motifs is 7. The predicted molar refractivity (Wildman–Crippen MR) is 175 cm³/mol. The van der Waals surface area contributed by atoms with Crippen molar-refractivity contribution in [2.45, 2.75) is 99.0 Å². The number of amides is 1. The van der Waals surface area contributed by atoms with Gasteiger partial charge in [-0.15, -0.1) is 0 Å². The average molecular weight is 627 g/mol. The van der Waals surface area contributed by atoms with Gasteiger partial charge in [0.1, 0.15) is 17.4 Å². The van der Waals surface area contributed by atoms with Gasteiger partial charge in [-0.3, -0.25) is 9.59 Å². The number of nitrogens with zero attached hydrogens (tertiary/aromatic N) is 2. The van der Waals surface area contributed by atoms with Crippen LogP contribution in [0.25, 0.3) is 0 Å². The fourth-order valence-electron chi connectivity index (χ4n) is 11.3. The van der Waals surface area contributed by atoms with Crippen LogP contribution in [-0.4, -0.2) is 46.9 Å². The zero-order valence-electron chi connectivity index (χ0n) is 28.8. The third kappa shape index (κ3) is 4.21. The molecule has 1 aromatic rings.